The molecule has 1 heterocycles. The predicted octanol–water partition coefficient (Wildman–Crippen LogP) is 1.44. The van der Waals surface area contributed by atoms with Crippen molar-refractivity contribution < 1.29 is 14.3 Å². The van der Waals surface area contributed by atoms with Crippen molar-refractivity contribution in [1.29, 1.82) is 0 Å². The molecule has 0 spiro atoms. The molecule has 98 valence electrons. The minimum atomic E-state index is -0.550. The van der Waals surface area contributed by atoms with E-state index < -0.39 is 5.97 Å². The number of esters is 1. The standard InChI is InChI=1S/C13H13N3O3/c1-8(17)9-4-3-5-10(6-9)16-12(14)11(7-15-16)13(18)19-2/h3-7H,14H2,1-2H3. The first-order valence-electron chi connectivity index (χ1n) is 5.57. The normalized spacial score (nSPS) is 10.2. The molecule has 0 atom stereocenters. The van der Waals surface area contributed by atoms with E-state index in [1.807, 2.05) is 0 Å². The van der Waals surface area contributed by atoms with Crippen LogP contribution in [0.25, 0.3) is 5.69 Å². The number of carbonyl (C=O) groups excluding carboxylic acids is 2. The monoisotopic (exact) mass is 259 g/mol. The van der Waals surface area contributed by atoms with Gasteiger partial charge in [-0.15, -0.1) is 0 Å². The van der Waals surface area contributed by atoms with Gasteiger partial charge in [0.05, 0.1) is 19.0 Å². The SMILES string of the molecule is COC(=O)c1cnn(-c2cccc(C(C)=O)c2)c1N. The fourth-order valence-electron chi connectivity index (χ4n) is 1.69. The van der Waals surface area contributed by atoms with Crippen LogP contribution in [0.1, 0.15) is 27.6 Å². The van der Waals surface area contributed by atoms with E-state index in [2.05, 4.69) is 9.84 Å². The van der Waals surface area contributed by atoms with Gasteiger partial charge in [-0.1, -0.05) is 12.1 Å². The third-order valence-electron chi connectivity index (χ3n) is 2.71. The summed E-state index contributed by atoms with van der Waals surface area (Å²) in [7, 11) is 1.27. The number of methoxy groups -OCH3 is 1. The van der Waals surface area contributed by atoms with E-state index >= 15 is 0 Å². The van der Waals surface area contributed by atoms with E-state index in [0.717, 1.165) is 0 Å². The molecule has 0 amide bonds. The van der Waals surface area contributed by atoms with E-state index in [1.54, 1.807) is 24.3 Å². The Morgan fingerprint density at radius 1 is 1.37 bits per heavy atom. The predicted molar refractivity (Wildman–Crippen MR) is 69.3 cm³/mol. The summed E-state index contributed by atoms with van der Waals surface area (Å²) in [6, 6.07) is 6.83. The number of hydrogen-bond donors (Lipinski definition) is 1. The molecule has 0 unspecified atom stereocenters. The lowest BCUT2D eigenvalue weighted by Crippen LogP contribution is -2.07. The molecule has 0 aliphatic heterocycles. The first-order chi connectivity index (χ1) is 9.04. The number of ketones is 1. The highest BCUT2D eigenvalue weighted by Crippen LogP contribution is 2.18. The second kappa shape index (κ2) is 4.93. The van der Waals surface area contributed by atoms with Crippen LogP contribution in [0.15, 0.2) is 30.5 Å². The summed E-state index contributed by atoms with van der Waals surface area (Å²) in [6.45, 7) is 1.48. The molecule has 0 fully saturated rings. The number of ether oxygens (including phenoxy) is 1. The highest BCUT2D eigenvalue weighted by Gasteiger charge is 2.16. The number of rotatable bonds is 3. The lowest BCUT2D eigenvalue weighted by atomic mass is 10.1. The lowest BCUT2D eigenvalue weighted by Gasteiger charge is -2.06. The first-order valence-corrected chi connectivity index (χ1v) is 5.57. The zero-order valence-electron chi connectivity index (χ0n) is 10.6. The first kappa shape index (κ1) is 12.8. The van der Waals surface area contributed by atoms with Gasteiger partial charge in [0.1, 0.15) is 11.4 Å². The van der Waals surface area contributed by atoms with Crippen LogP contribution in [0.3, 0.4) is 0 Å². The van der Waals surface area contributed by atoms with E-state index in [9.17, 15) is 9.59 Å². The van der Waals surface area contributed by atoms with Gasteiger partial charge in [-0.05, 0) is 19.1 Å². The summed E-state index contributed by atoms with van der Waals surface area (Å²) in [5.74, 6) is -0.431. The van der Waals surface area contributed by atoms with Crippen molar-refractivity contribution in [1.82, 2.24) is 9.78 Å². The van der Waals surface area contributed by atoms with E-state index in [0.29, 0.717) is 11.3 Å². The van der Waals surface area contributed by atoms with Gasteiger partial charge in [-0.25, -0.2) is 9.48 Å². The number of nitrogens with two attached hydrogens (primary N) is 1. The minimum absolute atomic E-state index is 0.0548. The summed E-state index contributed by atoms with van der Waals surface area (Å²) >= 11 is 0. The summed E-state index contributed by atoms with van der Waals surface area (Å²) in [4.78, 5) is 22.8. The van der Waals surface area contributed by atoms with Crippen LogP contribution in [0.4, 0.5) is 5.82 Å². The molecule has 0 radical (unpaired) electrons. The number of anilines is 1. The molecular weight excluding hydrogens is 246 g/mol. The largest absolute Gasteiger partial charge is 0.465 e. The lowest BCUT2D eigenvalue weighted by molar-refractivity contribution is 0.0602. The van der Waals surface area contributed by atoms with Crippen molar-refractivity contribution in [2.45, 2.75) is 6.92 Å². The van der Waals surface area contributed by atoms with E-state index in [4.69, 9.17) is 5.73 Å². The molecule has 0 saturated carbocycles. The maximum absolute atomic E-state index is 11.4. The number of aromatic nitrogens is 2. The Hall–Kier alpha value is -2.63. The average molecular weight is 259 g/mol. The molecule has 1 aromatic heterocycles. The summed E-state index contributed by atoms with van der Waals surface area (Å²) in [5.41, 5.74) is 7.20. The van der Waals surface area contributed by atoms with E-state index in [1.165, 1.54) is 24.9 Å². The van der Waals surface area contributed by atoms with Gasteiger partial charge in [0, 0.05) is 5.56 Å². The molecule has 2 N–H and O–H groups in total. The number of benzene rings is 1. The molecule has 6 nitrogen and oxygen atoms in total. The van der Waals surface area contributed by atoms with Crippen LogP contribution < -0.4 is 5.73 Å². The van der Waals surface area contributed by atoms with Gasteiger partial charge in [-0.3, -0.25) is 4.79 Å². The fraction of sp³-hybridized carbons (Fsp3) is 0.154. The van der Waals surface area contributed by atoms with Crippen molar-refractivity contribution in [3.63, 3.8) is 0 Å². The van der Waals surface area contributed by atoms with Crippen LogP contribution in [-0.4, -0.2) is 28.6 Å². The fourth-order valence-corrected chi connectivity index (χ4v) is 1.69. The topological polar surface area (TPSA) is 87.2 Å². The van der Waals surface area contributed by atoms with Crippen molar-refractivity contribution in [3.05, 3.63) is 41.6 Å². The number of nitrogens with zero attached hydrogens (tertiary/aromatic N) is 2. The summed E-state index contributed by atoms with van der Waals surface area (Å²) < 4.78 is 5.99. The number of nitrogen functional groups attached to an aromatic ring is 1. The Balaban J connectivity index is 2.48. The molecule has 0 saturated heterocycles. The molecule has 2 aromatic rings. The molecule has 6 heteroatoms. The zero-order chi connectivity index (χ0) is 14.0. The maximum atomic E-state index is 11.4. The minimum Gasteiger partial charge on any atom is -0.465 e. The zero-order valence-corrected chi connectivity index (χ0v) is 10.6. The van der Waals surface area contributed by atoms with Crippen LogP contribution >= 0.6 is 0 Å². The van der Waals surface area contributed by atoms with Gasteiger partial charge in [0.2, 0.25) is 0 Å². The molecule has 1 aromatic carbocycles. The highest BCUT2D eigenvalue weighted by molar-refractivity contribution is 5.95. The van der Waals surface area contributed by atoms with E-state index in [-0.39, 0.29) is 17.2 Å². The Bertz CT molecular complexity index is 646. The highest BCUT2D eigenvalue weighted by atomic mass is 16.5. The Labute approximate surface area is 109 Å². The number of hydrogen-bond acceptors (Lipinski definition) is 5. The average Bonchev–Trinajstić information content (AvgIpc) is 2.80. The quantitative estimate of drug-likeness (QED) is 0.665. The maximum Gasteiger partial charge on any atom is 0.343 e. The van der Waals surface area contributed by atoms with Crippen LogP contribution in [0.2, 0.25) is 0 Å². The third-order valence-corrected chi connectivity index (χ3v) is 2.71. The second-order valence-electron chi connectivity index (χ2n) is 3.95. The van der Waals surface area contributed by atoms with Gasteiger partial charge < -0.3 is 10.5 Å². The Morgan fingerprint density at radius 3 is 2.74 bits per heavy atom. The Kier molecular flexibility index (Phi) is 3.33. The van der Waals surface area contributed by atoms with Gasteiger partial charge in [0.25, 0.3) is 0 Å². The van der Waals surface area contributed by atoms with Crippen molar-refractivity contribution in [2.75, 3.05) is 12.8 Å². The van der Waals surface area contributed by atoms with Crippen molar-refractivity contribution >= 4 is 17.6 Å². The van der Waals surface area contributed by atoms with Crippen molar-refractivity contribution in [2.24, 2.45) is 0 Å². The molecule has 0 bridgehead atoms. The van der Waals surface area contributed by atoms with Crippen LogP contribution in [-0.2, 0) is 4.74 Å². The number of carbonyl (C=O) groups is 2. The van der Waals surface area contributed by atoms with Gasteiger partial charge in [-0.2, -0.15) is 5.10 Å². The summed E-state index contributed by atoms with van der Waals surface area (Å²) in [6.07, 6.45) is 1.33. The van der Waals surface area contributed by atoms with Crippen LogP contribution in [0.5, 0.6) is 0 Å². The van der Waals surface area contributed by atoms with Gasteiger partial charge >= 0.3 is 5.97 Å². The third kappa shape index (κ3) is 2.33. The molecular formula is C13H13N3O3. The number of Topliss-reactive ketones (excluding diaryl/α,β-unsaturated/α-hetero) is 1. The van der Waals surface area contributed by atoms with Crippen molar-refractivity contribution in [3.8, 4) is 5.69 Å². The smallest absolute Gasteiger partial charge is 0.343 e. The molecule has 0 aliphatic rings. The van der Waals surface area contributed by atoms with Crippen LogP contribution in [0, 0.1) is 0 Å². The molecule has 0 aliphatic carbocycles. The van der Waals surface area contributed by atoms with Gasteiger partial charge in [0.15, 0.2) is 5.78 Å². The second-order valence-corrected chi connectivity index (χ2v) is 3.95. The molecule has 19 heavy (non-hydrogen) atoms. The summed E-state index contributed by atoms with van der Waals surface area (Å²) in [5, 5.41) is 4.03. The molecule has 2 rings (SSSR count). The Morgan fingerprint density at radius 2 is 2.11 bits per heavy atom.